The average Bonchev–Trinajstić information content (AvgIpc) is 2.74. The number of nitrogens with one attached hydrogen (secondary N) is 1. The Kier molecular flexibility index (Phi) is 3.19. The third-order valence-corrected chi connectivity index (χ3v) is 2.80. The zero-order valence-corrected chi connectivity index (χ0v) is 9.29. The molecule has 86 valence electrons. The van der Waals surface area contributed by atoms with Crippen molar-refractivity contribution in [2.75, 3.05) is 13.1 Å². The Morgan fingerprint density at radius 3 is 2.69 bits per heavy atom. The number of carbonyl (C=O) groups excluding carboxylic acids is 1. The number of aryl methyl sites for hydroxylation is 1. The first-order chi connectivity index (χ1) is 7.66. The molecule has 16 heavy (non-hydrogen) atoms. The van der Waals surface area contributed by atoms with E-state index in [1.54, 1.807) is 19.1 Å². The van der Waals surface area contributed by atoms with E-state index >= 15 is 0 Å². The van der Waals surface area contributed by atoms with Crippen molar-refractivity contribution in [3.05, 3.63) is 35.1 Å². The van der Waals surface area contributed by atoms with Crippen LogP contribution in [0.2, 0.25) is 0 Å². The van der Waals surface area contributed by atoms with Gasteiger partial charge in [0.1, 0.15) is 5.82 Å². The van der Waals surface area contributed by atoms with Gasteiger partial charge in [-0.1, -0.05) is 6.07 Å². The van der Waals surface area contributed by atoms with E-state index in [0.717, 1.165) is 25.9 Å². The van der Waals surface area contributed by atoms with Crippen LogP contribution < -0.4 is 5.43 Å². The second-order valence-corrected chi connectivity index (χ2v) is 4.10. The average molecular weight is 222 g/mol. The van der Waals surface area contributed by atoms with Crippen LogP contribution in [0.25, 0.3) is 0 Å². The van der Waals surface area contributed by atoms with Gasteiger partial charge in [0.2, 0.25) is 0 Å². The summed E-state index contributed by atoms with van der Waals surface area (Å²) in [6.07, 6.45) is 2.20. The smallest absolute Gasteiger partial charge is 0.265 e. The summed E-state index contributed by atoms with van der Waals surface area (Å²) >= 11 is 0. The lowest BCUT2D eigenvalue weighted by molar-refractivity contribution is 0.0825. The molecule has 1 saturated heterocycles. The lowest BCUT2D eigenvalue weighted by Gasteiger charge is -2.16. The first kappa shape index (κ1) is 11.1. The minimum Gasteiger partial charge on any atom is -0.285 e. The maximum atomic E-state index is 13.3. The SMILES string of the molecule is Cc1ccc(C(=O)NN2CCCC2)cc1F. The van der Waals surface area contributed by atoms with Crippen LogP contribution in [-0.2, 0) is 0 Å². The Hall–Kier alpha value is -1.42. The molecule has 0 aromatic heterocycles. The molecule has 0 aliphatic carbocycles. The summed E-state index contributed by atoms with van der Waals surface area (Å²) in [5, 5.41) is 1.88. The van der Waals surface area contributed by atoms with Crippen molar-refractivity contribution < 1.29 is 9.18 Å². The van der Waals surface area contributed by atoms with E-state index in [2.05, 4.69) is 5.43 Å². The largest absolute Gasteiger partial charge is 0.285 e. The number of nitrogens with zero attached hydrogens (tertiary/aromatic N) is 1. The zero-order chi connectivity index (χ0) is 11.5. The summed E-state index contributed by atoms with van der Waals surface area (Å²) in [4.78, 5) is 11.7. The fourth-order valence-corrected chi connectivity index (χ4v) is 1.77. The van der Waals surface area contributed by atoms with Gasteiger partial charge in [0.15, 0.2) is 0 Å². The van der Waals surface area contributed by atoms with Crippen LogP contribution in [0.3, 0.4) is 0 Å². The van der Waals surface area contributed by atoms with Gasteiger partial charge in [-0.05, 0) is 37.5 Å². The highest BCUT2D eigenvalue weighted by atomic mass is 19.1. The minimum atomic E-state index is -0.339. The molecule has 1 aliphatic rings. The first-order valence-corrected chi connectivity index (χ1v) is 5.49. The molecular weight excluding hydrogens is 207 g/mol. The summed E-state index contributed by atoms with van der Waals surface area (Å²) in [5.41, 5.74) is 3.69. The number of carbonyl (C=O) groups is 1. The van der Waals surface area contributed by atoms with Gasteiger partial charge in [-0.2, -0.15) is 0 Å². The van der Waals surface area contributed by atoms with Gasteiger partial charge >= 0.3 is 0 Å². The highest BCUT2D eigenvalue weighted by molar-refractivity contribution is 5.93. The van der Waals surface area contributed by atoms with E-state index in [1.165, 1.54) is 6.07 Å². The van der Waals surface area contributed by atoms with Crippen LogP contribution >= 0.6 is 0 Å². The van der Waals surface area contributed by atoms with Gasteiger partial charge in [-0.25, -0.2) is 9.40 Å². The molecular formula is C12H15FN2O. The molecule has 0 spiro atoms. The number of hydrogen-bond donors (Lipinski definition) is 1. The zero-order valence-electron chi connectivity index (χ0n) is 9.29. The van der Waals surface area contributed by atoms with E-state index < -0.39 is 0 Å². The highest BCUT2D eigenvalue weighted by Gasteiger charge is 2.15. The molecule has 0 bridgehead atoms. The molecule has 1 N–H and O–H groups in total. The Morgan fingerprint density at radius 2 is 2.06 bits per heavy atom. The third-order valence-electron chi connectivity index (χ3n) is 2.80. The molecule has 0 unspecified atom stereocenters. The Morgan fingerprint density at radius 1 is 1.38 bits per heavy atom. The Bertz CT molecular complexity index is 400. The minimum absolute atomic E-state index is 0.235. The molecule has 1 aromatic carbocycles. The van der Waals surface area contributed by atoms with Gasteiger partial charge < -0.3 is 0 Å². The van der Waals surface area contributed by atoms with E-state index in [4.69, 9.17) is 0 Å². The number of hydrogen-bond acceptors (Lipinski definition) is 2. The van der Waals surface area contributed by atoms with E-state index in [1.807, 2.05) is 5.01 Å². The second kappa shape index (κ2) is 4.61. The molecule has 1 fully saturated rings. The van der Waals surface area contributed by atoms with Gasteiger partial charge in [0.05, 0.1) is 0 Å². The first-order valence-electron chi connectivity index (χ1n) is 5.49. The number of rotatable bonds is 2. The summed E-state index contributed by atoms with van der Waals surface area (Å²) in [6, 6.07) is 4.54. The van der Waals surface area contributed by atoms with Crippen LogP contribution in [0, 0.1) is 12.7 Å². The summed E-state index contributed by atoms with van der Waals surface area (Å²) in [5.74, 6) is -0.574. The maximum Gasteiger partial charge on any atom is 0.265 e. The summed E-state index contributed by atoms with van der Waals surface area (Å²) in [6.45, 7) is 3.43. The molecule has 1 heterocycles. The molecule has 1 aliphatic heterocycles. The van der Waals surface area contributed by atoms with Crippen molar-refractivity contribution in [2.45, 2.75) is 19.8 Å². The number of hydrazine groups is 1. The lowest BCUT2D eigenvalue weighted by atomic mass is 10.1. The number of halogens is 1. The molecule has 0 radical (unpaired) electrons. The molecule has 0 saturated carbocycles. The van der Waals surface area contributed by atoms with Gasteiger partial charge in [0, 0.05) is 18.7 Å². The Balaban J connectivity index is 2.05. The van der Waals surface area contributed by atoms with Gasteiger partial charge in [0.25, 0.3) is 5.91 Å². The van der Waals surface area contributed by atoms with Crippen LogP contribution in [0.5, 0.6) is 0 Å². The standard InChI is InChI=1S/C12H15FN2O/c1-9-4-5-10(8-11(9)13)12(16)14-15-6-2-3-7-15/h4-5,8H,2-3,6-7H2,1H3,(H,14,16). The number of amides is 1. The van der Waals surface area contributed by atoms with Crippen LogP contribution in [0.4, 0.5) is 4.39 Å². The van der Waals surface area contributed by atoms with Crippen molar-refractivity contribution in [1.29, 1.82) is 0 Å². The fourth-order valence-electron chi connectivity index (χ4n) is 1.77. The van der Waals surface area contributed by atoms with Crippen LogP contribution in [0.1, 0.15) is 28.8 Å². The van der Waals surface area contributed by atoms with Gasteiger partial charge in [-0.15, -0.1) is 0 Å². The predicted molar refractivity (Wildman–Crippen MR) is 59.4 cm³/mol. The fraction of sp³-hybridized carbons (Fsp3) is 0.417. The molecule has 0 atom stereocenters. The van der Waals surface area contributed by atoms with Crippen molar-refractivity contribution >= 4 is 5.91 Å². The normalized spacial score (nSPS) is 16.4. The topological polar surface area (TPSA) is 32.3 Å². The highest BCUT2D eigenvalue weighted by Crippen LogP contribution is 2.10. The van der Waals surface area contributed by atoms with Crippen LogP contribution in [0.15, 0.2) is 18.2 Å². The van der Waals surface area contributed by atoms with Crippen LogP contribution in [-0.4, -0.2) is 24.0 Å². The lowest BCUT2D eigenvalue weighted by Crippen LogP contribution is -2.40. The monoisotopic (exact) mass is 222 g/mol. The van der Waals surface area contributed by atoms with E-state index in [0.29, 0.717) is 11.1 Å². The van der Waals surface area contributed by atoms with Gasteiger partial charge in [-0.3, -0.25) is 10.2 Å². The number of benzene rings is 1. The molecule has 4 heteroatoms. The third kappa shape index (κ3) is 2.39. The molecule has 2 rings (SSSR count). The second-order valence-electron chi connectivity index (χ2n) is 4.10. The van der Waals surface area contributed by atoms with Crippen molar-refractivity contribution in [3.8, 4) is 0 Å². The quantitative estimate of drug-likeness (QED) is 0.828. The van der Waals surface area contributed by atoms with Crippen molar-refractivity contribution in [2.24, 2.45) is 0 Å². The maximum absolute atomic E-state index is 13.3. The molecule has 1 amide bonds. The molecule has 3 nitrogen and oxygen atoms in total. The van der Waals surface area contributed by atoms with Crippen molar-refractivity contribution in [1.82, 2.24) is 10.4 Å². The van der Waals surface area contributed by atoms with E-state index in [-0.39, 0.29) is 11.7 Å². The van der Waals surface area contributed by atoms with Crippen molar-refractivity contribution in [3.63, 3.8) is 0 Å². The predicted octanol–water partition coefficient (Wildman–Crippen LogP) is 1.87. The summed E-state index contributed by atoms with van der Waals surface area (Å²) < 4.78 is 13.3. The summed E-state index contributed by atoms with van der Waals surface area (Å²) in [7, 11) is 0. The molecule has 1 aromatic rings. The Labute approximate surface area is 94.2 Å². The van der Waals surface area contributed by atoms with E-state index in [9.17, 15) is 9.18 Å².